The number of fused-ring (bicyclic) bond motifs is 1. The average Bonchev–Trinajstić information content (AvgIpc) is 3.06. The minimum Gasteiger partial charge on any atom is -0.339 e. The SMILES string of the molecule is Cc1nc2c(c(C)nn2C)c(C)c1CCC(=O)N1CCN(C(=O)c2ccccc2)CC1. The van der Waals surface area contributed by atoms with E-state index in [2.05, 4.69) is 12.0 Å². The number of hydrogen-bond acceptors (Lipinski definition) is 4. The summed E-state index contributed by atoms with van der Waals surface area (Å²) in [4.78, 5) is 33.9. The molecule has 0 N–H and O–H groups in total. The summed E-state index contributed by atoms with van der Waals surface area (Å²) in [5.41, 5.74) is 5.81. The fourth-order valence-electron chi connectivity index (χ4n) is 4.54. The quantitative estimate of drug-likeness (QED) is 0.652. The van der Waals surface area contributed by atoms with Crippen LogP contribution in [0.2, 0.25) is 0 Å². The van der Waals surface area contributed by atoms with Crippen LogP contribution in [0.15, 0.2) is 30.3 Å². The first-order valence-electron chi connectivity index (χ1n) is 10.8. The van der Waals surface area contributed by atoms with Gasteiger partial charge in [-0.2, -0.15) is 5.10 Å². The van der Waals surface area contributed by atoms with E-state index in [0.717, 1.165) is 28.0 Å². The van der Waals surface area contributed by atoms with Crippen LogP contribution in [0.5, 0.6) is 0 Å². The number of pyridine rings is 1. The van der Waals surface area contributed by atoms with Gasteiger partial charge in [-0.15, -0.1) is 0 Å². The van der Waals surface area contributed by atoms with Gasteiger partial charge < -0.3 is 9.80 Å². The molecule has 0 saturated carbocycles. The van der Waals surface area contributed by atoms with Gasteiger partial charge in [0, 0.05) is 56.3 Å². The molecule has 2 aromatic heterocycles. The van der Waals surface area contributed by atoms with Crippen LogP contribution in [0.4, 0.5) is 0 Å². The Hall–Kier alpha value is -3.22. The zero-order valence-corrected chi connectivity index (χ0v) is 18.7. The molecule has 1 aliphatic rings. The molecule has 1 aromatic carbocycles. The number of carbonyl (C=O) groups excluding carboxylic acids is 2. The lowest BCUT2D eigenvalue weighted by molar-refractivity contribution is -0.132. The highest BCUT2D eigenvalue weighted by atomic mass is 16.2. The van der Waals surface area contributed by atoms with E-state index in [1.165, 1.54) is 5.56 Å². The van der Waals surface area contributed by atoms with Crippen molar-refractivity contribution in [3.05, 3.63) is 58.4 Å². The Morgan fingerprint density at radius 3 is 2.26 bits per heavy atom. The molecule has 1 aliphatic heterocycles. The van der Waals surface area contributed by atoms with Crippen molar-refractivity contribution in [2.75, 3.05) is 26.2 Å². The Balaban J connectivity index is 1.38. The summed E-state index contributed by atoms with van der Waals surface area (Å²) in [6.45, 7) is 8.39. The zero-order valence-electron chi connectivity index (χ0n) is 18.7. The predicted molar refractivity (Wildman–Crippen MR) is 120 cm³/mol. The van der Waals surface area contributed by atoms with E-state index in [0.29, 0.717) is 44.6 Å². The third kappa shape index (κ3) is 4.04. The van der Waals surface area contributed by atoms with Gasteiger partial charge in [0.05, 0.1) is 5.69 Å². The normalized spacial score (nSPS) is 14.3. The Morgan fingerprint density at radius 2 is 1.58 bits per heavy atom. The van der Waals surface area contributed by atoms with Gasteiger partial charge in [0.2, 0.25) is 5.91 Å². The molecular formula is C24H29N5O2. The van der Waals surface area contributed by atoms with Crippen molar-refractivity contribution in [3.63, 3.8) is 0 Å². The van der Waals surface area contributed by atoms with Crippen LogP contribution in [0.25, 0.3) is 11.0 Å². The third-order valence-electron chi connectivity index (χ3n) is 6.26. The monoisotopic (exact) mass is 419 g/mol. The van der Waals surface area contributed by atoms with Crippen molar-refractivity contribution in [2.24, 2.45) is 7.05 Å². The molecule has 7 nitrogen and oxygen atoms in total. The number of aryl methyl sites for hydroxylation is 4. The second kappa shape index (κ2) is 8.49. The smallest absolute Gasteiger partial charge is 0.253 e. The maximum absolute atomic E-state index is 12.9. The highest BCUT2D eigenvalue weighted by Gasteiger charge is 2.25. The van der Waals surface area contributed by atoms with Gasteiger partial charge in [-0.1, -0.05) is 18.2 Å². The number of aromatic nitrogens is 3. The van der Waals surface area contributed by atoms with Crippen molar-refractivity contribution in [1.29, 1.82) is 0 Å². The molecule has 0 atom stereocenters. The van der Waals surface area contributed by atoms with E-state index in [4.69, 9.17) is 4.98 Å². The molecule has 162 valence electrons. The lowest BCUT2D eigenvalue weighted by Gasteiger charge is -2.35. The number of carbonyl (C=O) groups is 2. The molecule has 3 aromatic rings. The average molecular weight is 420 g/mol. The summed E-state index contributed by atoms with van der Waals surface area (Å²) in [7, 11) is 1.91. The maximum Gasteiger partial charge on any atom is 0.253 e. The molecule has 3 heterocycles. The van der Waals surface area contributed by atoms with Crippen molar-refractivity contribution in [1.82, 2.24) is 24.6 Å². The summed E-state index contributed by atoms with van der Waals surface area (Å²) in [5.74, 6) is 0.166. The third-order valence-corrected chi connectivity index (χ3v) is 6.26. The zero-order chi connectivity index (χ0) is 22.1. The van der Waals surface area contributed by atoms with E-state index in [-0.39, 0.29) is 11.8 Å². The van der Waals surface area contributed by atoms with Gasteiger partial charge in [-0.3, -0.25) is 14.3 Å². The van der Waals surface area contributed by atoms with Crippen LogP contribution < -0.4 is 0 Å². The fraction of sp³-hybridized carbons (Fsp3) is 0.417. The molecule has 31 heavy (non-hydrogen) atoms. The van der Waals surface area contributed by atoms with E-state index >= 15 is 0 Å². The minimum absolute atomic E-state index is 0.0326. The van der Waals surface area contributed by atoms with E-state index in [9.17, 15) is 9.59 Å². The second-order valence-corrected chi connectivity index (χ2v) is 8.25. The molecule has 0 unspecified atom stereocenters. The van der Waals surface area contributed by atoms with Crippen molar-refractivity contribution in [3.8, 4) is 0 Å². The predicted octanol–water partition coefficient (Wildman–Crippen LogP) is 2.81. The second-order valence-electron chi connectivity index (χ2n) is 8.25. The Labute approximate surface area is 182 Å². The van der Waals surface area contributed by atoms with Gasteiger partial charge in [0.25, 0.3) is 5.91 Å². The molecule has 0 aliphatic carbocycles. The van der Waals surface area contributed by atoms with Gasteiger partial charge in [0.1, 0.15) is 0 Å². The molecule has 0 spiro atoms. The van der Waals surface area contributed by atoms with Crippen molar-refractivity contribution >= 4 is 22.8 Å². The molecular weight excluding hydrogens is 390 g/mol. The summed E-state index contributed by atoms with van der Waals surface area (Å²) in [6.07, 6.45) is 1.11. The first-order valence-corrected chi connectivity index (χ1v) is 10.8. The number of hydrogen-bond donors (Lipinski definition) is 0. The Kier molecular flexibility index (Phi) is 5.76. The van der Waals surface area contributed by atoms with Crippen molar-refractivity contribution < 1.29 is 9.59 Å². The molecule has 0 radical (unpaired) electrons. The van der Waals surface area contributed by atoms with Crippen LogP contribution >= 0.6 is 0 Å². The summed E-state index contributed by atoms with van der Waals surface area (Å²) >= 11 is 0. The van der Waals surface area contributed by atoms with Crippen LogP contribution in [-0.2, 0) is 18.3 Å². The first-order chi connectivity index (χ1) is 14.9. The molecule has 0 bridgehead atoms. The lowest BCUT2D eigenvalue weighted by atomic mass is 9.99. The summed E-state index contributed by atoms with van der Waals surface area (Å²) in [5, 5.41) is 5.58. The van der Waals surface area contributed by atoms with E-state index < -0.39 is 0 Å². The highest BCUT2D eigenvalue weighted by molar-refractivity contribution is 5.94. The maximum atomic E-state index is 12.9. The molecule has 1 saturated heterocycles. The number of amides is 2. The summed E-state index contributed by atoms with van der Waals surface area (Å²) in [6, 6.07) is 9.31. The van der Waals surface area contributed by atoms with Gasteiger partial charge in [0.15, 0.2) is 5.65 Å². The number of piperazine rings is 1. The Bertz CT molecular complexity index is 1130. The molecule has 4 rings (SSSR count). The lowest BCUT2D eigenvalue weighted by Crippen LogP contribution is -2.50. The number of rotatable bonds is 4. The van der Waals surface area contributed by atoms with E-state index in [1.54, 1.807) is 0 Å². The van der Waals surface area contributed by atoms with Gasteiger partial charge in [-0.05, 0) is 50.5 Å². The standard InChI is InChI=1S/C24H29N5O2/c1-16-20(17(2)25-23-22(16)18(3)26-27(23)4)10-11-21(30)28-12-14-29(15-13-28)24(31)19-8-6-5-7-9-19/h5-9H,10-15H2,1-4H3. The highest BCUT2D eigenvalue weighted by Crippen LogP contribution is 2.26. The fourth-order valence-corrected chi connectivity index (χ4v) is 4.54. The van der Waals surface area contributed by atoms with Crippen molar-refractivity contribution in [2.45, 2.75) is 33.6 Å². The Morgan fingerprint density at radius 1 is 0.935 bits per heavy atom. The molecule has 2 amide bonds. The van der Waals surface area contributed by atoms with Crippen LogP contribution in [0, 0.1) is 20.8 Å². The van der Waals surface area contributed by atoms with Gasteiger partial charge in [-0.25, -0.2) is 4.98 Å². The molecule has 1 fully saturated rings. The summed E-state index contributed by atoms with van der Waals surface area (Å²) < 4.78 is 1.82. The van der Waals surface area contributed by atoms with Gasteiger partial charge >= 0.3 is 0 Å². The molecule has 7 heteroatoms. The number of benzene rings is 1. The number of nitrogens with zero attached hydrogens (tertiary/aromatic N) is 5. The van der Waals surface area contributed by atoms with E-state index in [1.807, 2.05) is 65.7 Å². The van der Waals surface area contributed by atoms with Crippen LogP contribution in [-0.4, -0.2) is 62.6 Å². The largest absolute Gasteiger partial charge is 0.339 e. The van der Waals surface area contributed by atoms with Crippen LogP contribution in [0.1, 0.15) is 39.3 Å². The first kappa shape index (κ1) is 21.0. The minimum atomic E-state index is 0.0326. The van der Waals surface area contributed by atoms with Crippen LogP contribution in [0.3, 0.4) is 0 Å². The topological polar surface area (TPSA) is 71.3 Å².